The van der Waals surface area contributed by atoms with Crippen LogP contribution in [0.5, 0.6) is 0 Å². The molecule has 0 unspecified atom stereocenters. The van der Waals surface area contributed by atoms with E-state index in [2.05, 4.69) is 5.16 Å². The Morgan fingerprint density at radius 2 is 2.75 bits per heavy atom. The van der Waals surface area contributed by atoms with E-state index in [0.29, 0.717) is 0 Å². The number of likely N-dealkylation sites (N-methyl/N-ethyl adjacent to an activating group) is 1. The van der Waals surface area contributed by atoms with Crippen molar-refractivity contribution in [3.8, 4) is 0 Å². The highest BCUT2D eigenvalue weighted by Crippen LogP contribution is 1.62. The fourth-order valence-corrected chi connectivity index (χ4v) is 0.109. The number of amidine groups is 1. The predicted molar refractivity (Wildman–Crippen MR) is 27.5 cm³/mol. The van der Waals surface area contributed by atoms with Gasteiger partial charge in [0, 0.05) is 11.1 Å². The molecule has 0 saturated carbocycles. The Morgan fingerprint density at radius 3 is 3.12 bits per heavy atom. The molecule has 0 aliphatic carbocycles. The van der Waals surface area contributed by atoms with Gasteiger partial charge in [0.1, 0.15) is 0 Å². The molecule has 0 aromatic carbocycles. The molecule has 0 rings (SSSR count). The van der Waals surface area contributed by atoms with E-state index >= 15 is 0 Å². The average Bonchev–Trinajstić information content (AvgIpc) is 1.82. The second-order valence-corrected chi connectivity index (χ2v) is 0.939. The highest BCUT2D eigenvalue weighted by Gasteiger charge is 2.00. The summed E-state index contributed by atoms with van der Waals surface area (Å²) in [6.45, 7) is -2.62. The number of carbonyl (C=O) groups is 1. The first-order valence-corrected chi connectivity index (χ1v) is 1.67. The number of hydrogen-bond acceptors (Lipinski definition) is 3. The van der Waals surface area contributed by atoms with E-state index < -0.39 is 18.7 Å². The highest BCUT2D eigenvalue weighted by molar-refractivity contribution is 6.36. The van der Waals surface area contributed by atoms with E-state index in [1.54, 1.807) is 0 Å². The quantitative estimate of drug-likeness (QED) is 0.157. The first-order chi connectivity index (χ1) is 4.87. The number of nitrogens with two attached hydrogens (primary N) is 1. The van der Waals surface area contributed by atoms with Gasteiger partial charge in [0.2, 0.25) is 5.84 Å². The summed E-state index contributed by atoms with van der Waals surface area (Å²) in [4.78, 5) is 10.5. The van der Waals surface area contributed by atoms with Crippen LogP contribution in [0.2, 0.25) is 0 Å². The number of nitrogens with one attached hydrogen (secondary N) is 1. The van der Waals surface area contributed by atoms with Crippen molar-refractivity contribution >= 4 is 11.7 Å². The Hall–Kier alpha value is -1.26. The van der Waals surface area contributed by atoms with Crippen molar-refractivity contribution in [2.45, 2.75) is 0 Å². The van der Waals surface area contributed by atoms with Crippen molar-refractivity contribution in [2.75, 3.05) is 6.98 Å². The van der Waals surface area contributed by atoms with Crippen LogP contribution in [0.25, 0.3) is 0 Å². The fourth-order valence-electron chi connectivity index (χ4n) is 0.109. The molecule has 46 valence electrons. The van der Waals surface area contributed by atoms with Gasteiger partial charge in [-0.05, 0) is 0 Å². The van der Waals surface area contributed by atoms with E-state index in [9.17, 15) is 4.79 Å². The van der Waals surface area contributed by atoms with Crippen molar-refractivity contribution in [1.82, 2.24) is 5.32 Å². The summed E-state index contributed by atoms with van der Waals surface area (Å²) >= 11 is 0. The molecule has 0 radical (unpaired) electrons. The Labute approximate surface area is 50.4 Å². The van der Waals surface area contributed by atoms with Gasteiger partial charge in [-0.15, -0.1) is 0 Å². The predicted octanol–water partition coefficient (Wildman–Crippen LogP) is -1.52. The van der Waals surface area contributed by atoms with Crippen LogP contribution in [0.15, 0.2) is 5.16 Å². The first-order valence-electron chi connectivity index (χ1n) is 3.17. The number of nitrogens with zero attached hydrogens (tertiary/aromatic N) is 1. The average molecular weight is 120 g/mol. The summed E-state index contributed by atoms with van der Waals surface area (Å²) in [5, 5.41) is 11.7. The topological polar surface area (TPSA) is 87.7 Å². The highest BCUT2D eigenvalue weighted by atomic mass is 16.4. The molecule has 0 saturated heterocycles. The summed E-state index contributed by atoms with van der Waals surface area (Å²) < 4.78 is 19.6. The zero-order valence-electron chi connectivity index (χ0n) is 6.88. The van der Waals surface area contributed by atoms with Crippen LogP contribution in [-0.2, 0) is 4.79 Å². The Balaban J connectivity index is 4.10. The normalized spacial score (nSPS) is 18.0. The minimum Gasteiger partial charge on any atom is -0.409 e. The third-order valence-electron chi connectivity index (χ3n) is 0.454. The zero-order chi connectivity index (χ0) is 9.07. The molecule has 0 aliphatic rings. The fraction of sp³-hybridized carbons (Fsp3) is 0.333. The molecule has 0 heterocycles. The van der Waals surface area contributed by atoms with Crippen LogP contribution in [0.4, 0.5) is 0 Å². The maximum atomic E-state index is 10.5. The smallest absolute Gasteiger partial charge is 0.289 e. The van der Waals surface area contributed by atoms with Gasteiger partial charge in [0.15, 0.2) is 0 Å². The van der Waals surface area contributed by atoms with Gasteiger partial charge >= 0.3 is 0 Å². The van der Waals surface area contributed by atoms with Crippen molar-refractivity contribution < 1.29 is 14.1 Å². The third-order valence-corrected chi connectivity index (χ3v) is 0.454. The number of amides is 1. The van der Waals surface area contributed by atoms with Crippen LogP contribution < -0.4 is 11.1 Å². The molecule has 5 nitrogen and oxygen atoms in total. The van der Waals surface area contributed by atoms with Crippen LogP contribution >= 0.6 is 0 Å². The van der Waals surface area contributed by atoms with Gasteiger partial charge in [-0.1, -0.05) is 5.16 Å². The number of hydrogen-bond donors (Lipinski definition) is 3. The third kappa shape index (κ3) is 1.46. The van der Waals surface area contributed by atoms with Gasteiger partial charge in [-0.3, -0.25) is 4.79 Å². The lowest BCUT2D eigenvalue weighted by atomic mass is 10.6. The molecule has 1 amide bonds. The zero-order valence-corrected chi connectivity index (χ0v) is 3.88. The van der Waals surface area contributed by atoms with Gasteiger partial charge < -0.3 is 16.3 Å². The molecule has 8 heavy (non-hydrogen) atoms. The number of oxime groups is 1. The van der Waals surface area contributed by atoms with E-state index in [1.807, 2.05) is 0 Å². The molecule has 0 aromatic heterocycles. The number of carbonyl (C=O) groups excluding carboxylic acids is 1. The first kappa shape index (κ1) is 2.91. The maximum absolute atomic E-state index is 10.5. The molecule has 0 fully saturated rings. The van der Waals surface area contributed by atoms with E-state index in [-0.39, 0.29) is 0 Å². The second-order valence-electron chi connectivity index (χ2n) is 0.939. The van der Waals surface area contributed by atoms with Gasteiger partial charge in [0.25, 0.3) is 5.91 Å². The largest absolute Gasteiger partial charge is 0.409 e. The van der Waals surface area contributed by atoms with Crippen molar-refractivity contribution in [1.29, 1.82) is 0 Å². The number of rotatable bonds is 0. The molecule has 0 atom stereocenters. The lowest BCUT2D eigenvalue weighted by molar-refractivity contribution is -0.114. The Morgan fingerprint density at radius 1 is 2.12 bits per heavy atom. The Bertz CT molecular complexity index is 187. The van der Waals surface area contributed by atoms with Crippen LogP contribution in [-0.4, -0.2) is 23.9 Å². The summed E-state index contributed by atoms with van der Waals surface area (Å²) in [6.07, 6.45) is 0. The molecule has 0 aromatic rings. The van der Waals surface area contributed by atoms with E-state index in [4.69, 9.17) is 15.1 Å². The van der Waals surface area contributed by atoms with Crippen LogP contribution in [0.1, 0.15) is 4.11 Å². The van der Waals surface area contributed by atoms with E-state index in [0.717, 1.165) is 0 Å². The standard InChI is InChI=1S/C3H7N3O2/c1-5-3(7)2(4)6-8/h8H,1H3,(H2,4,6)(H,5,7)/i1D3. The Kier molecular flexibility index (Phi) is 1.03. The lowest BCUT2D eigenvalue weighted by Gasteiger charge is -1.91. The van der Waals surface area contributed by atoms with Crippen LogP contribution in [0, 0.1) is 0 Å². The summed E-state index contributed by atoms with van der Waals surface area (Å²) in [6, 6.07) is 0. The second kappa shape index (κ2) is 2.84. The summed E-state index contributed by atoms with van der Waals surface area (Å²) in [5.41, 5.74) is 4.76. The molecular formula is C3H7N3O2. The van der Waals surface area contributed by atoms with Crippen molar-refractivity contribution in [2.24, 2.45) is 10.9 Å². The van der Waals surface area contributed by atoms with Gasteiger partial charge in [-0.25, -0.2) is 0 Å². The van der Waals surface area contributed by atoms with Crippen LogP contribution in [0.3, 0.4) is 0 Å². The van der Waals surface area contributed by atoms with Crippen molar-refractivity contribution in [3.05, 3.63) is 0 Å². The SMILES string of the molecule is [2H]C([2H])([2H])NC(=O)/C(N)=N/O. The molecule has 0 spiro atoms. The molecule has 0 bridgehead atoms. The monoisotopic (exact) mass is 120 g/mol. The summed E-state index contributed by atoms with van der Waals surface area (Å²) in [7, 11) is 0. The molecule has 5 heteroatoms. The molecular weight excluding hydrogens is 110 g/mol. The maximum Gasteiger partial charge on any atom is 0.289 e. The molecule has 0 aliphatic heterocycles. The van der Waals surface area contributed by atoms with Crippen molar-refractivity contribution in [3.63, 3.8) is 0 Å². The van der Waals surface area contributed by atoms with Gasteiger partial charge in [0.05, 0.1) is 0 Å². The minimum atomic E-state index is -2.62. The lowest BCUT2D eigenvalue weighted by Crippen LogP contribution is -2.33. The van der Waals surface area contributed by atoms with E-state index in [1.165, 1.54) is 5.32 Å². The molecule has 4 N–H and O–H groups in total. The van der Waals surface area contributed by atoms with Gasteiger partial charge in [-0.2, -0.15) is 0 Å². The minimum absolute atomic E-state index is 0.791. The summed E-state index contributed by atoms with van der Waals surface area (Å²) in [5.74, 6) is -1.92.